The van der Waals surface area contributed by atoms with Gasteiger partial charge in [-0.3, -0.25) is 4.79 Å². The van der Waals surface area contributed by atoms with Crippen LogP contribution in [0.25, 0.3) is 22.2 Å². The number of methoxy groups -OCH3 is 1. The largest absolute Gasteiger partial charge is 0.496 e. The lowest BCUT2D eigenvalue weighted by molar-refractivity contribution is -0.117. The second kappa shape index (κ2) is 11.8. The highest BCUT2D eigenvalue weighted by Gasteiger charge is 2.44. The van der Waals surface area contributed by atoms with Crippen molar-refractivity contribution >= 4 is 30.8 Å². The summed E-state index contributed by atoms with van der Waals surface area (Å²) in [5.41, 5.74) is 2.84. The number of pyridine rings is 1. The van der Waals surface area contributed by atoms with Gasteiger partial charge < -0.3 is 29.2 Å². The third kappa shape index (κ3) is 6.89. The fraction of sp³-hybridized carbons (Fsp3) is 0.533. The number of anilines is 1. The summed E-state index contributed by atoms with van der Waals surface area (Å²) in [6.45, 7) is 13.6. The van der Waals surface area contributed by atoms with E-state index in [0.29, 0.717) is 18.5 Å². The van der Waals surface area contributed by atoms with Gasteiger partial charge in [0.15, 0.2) is 0 Å². The third-order valence-corrected chi connectivity index (χ3v) is 9.65. The topological polar surface area (TPSA) is 71.9 Å². The number of piperazine rings is 1. The van der Waals surface area contributed by atoms with Crippen LogP contribution in [0, 0.1) is 11.8 Å². The smallest absolute Gasteiger partial charge is 0.228 e. The Hall–Kier alpha value is -2.72. The minimum absolute atomic E-state index is 0.0722. The molecule has 3 aromatic rings. The maximum atomic E-state index is 13.1. The van der Waals surface area contributed by atoms with Gasteiger partial charge in [0.25, 0.3) is 0 Å². The molecule has 0 bridgehead atoms. The van der Waals surface area contributed by atoms with Crippen LogP contribution in [-0.4, -0.2) is 86.8 Å². The molecular formula is C30H43N5O3Si. The molecule has 0 spiro atoms. The quantitative estimate of drug-likeness (QED) is 0.272. The molecule has 2 aromatic heterocycles. The number of ether oxygens (including phenoxy) is 2. The van der Waals surface area contributed by atoms with E-state index in [4.69, 9.17) is 14.5 Å². The van der Waals surface area contributed by atoms with Crippen molar-refractivity contribution < 1.29 is 14.3 Å². The number of hydrogen-bond donors (Lipinski definition) is 1. The molecule has 0 radical (unpaired) electrons. The van der Waals surface area contributed by atoms with Gasteiger partial charge in [-0.2, -0.15) is 0 Å². The van der Waals surface area contributed by atoms with E-state index in [1.54, 1.807) is 7.11 Å². The fourth-order valence-electron chi connectivity index (χ4n) is 5.31. The van der Waals surface area contributed by atoms with Crippen LogP contribution < -0.4 is 10.1 Å². The molecule has 2 aliphatic rings. The molecule has 2 atom stereocenters. The Labute approximate surface area is 233 Å². The Kier molecular flexibility index (Phi) is 8.42. The molecule has 1 aromatic carbocycles. The number of benzene rings is 1. The van der Waals surface area contributed by atoms with Crippen molar-refractivity contribution in [2.24, 2.45) is 11.8 Å². The molecule has 1 aliphatic carbocycles. The molecule has 210 valence electrons. The summed E-state index contributed by atoms with van der Waals surface area (Å²) in [6.07, 6.45) is 3.04. The van der Waals surface area contributed by atoms with Crippen LogP contribution in [0.5, 0.6) is 5.75 Å². The highest BCUT2D eigenvalue weighted by molar-refractivity contribution is 6.76. The summed E-state index contributed by atoms with van der Waals surface area (Å²) >= 11 is 0. The average Bonchev–Trinajstić information content (AvgIpc) is 3.59. The van der Waals surface area contributed by atoms with Gasteiger partial charge in [-0.1, -0.05) is 37.8 Å². The monoisotopic (exact) mass is 549 g/mol. The molecule has 1 N–H and O–H groups in total. The number of nitrogens with one attached hydrogen (secondary N) is 1. The Morgan fingerprint density at radius 1 is 1.08 bits per heavy atom. The van der Waals surface area contributed by atoms with Crippen molar-refractivity contribution in [1.29, 1.82) is 0 Å². The molecule has 3 heterocycles. The Bertz CT molecular complexity index is 1300. The van der Waals surface area contributed by atoms with E-state index in [9.17, 15) is 4.79 Å². The van der Waals surface area contributed by atoms with E-state index >= 15 is 0 Å². The van der Waals surface area contributed by atoms with E-state index < -0.39 is 8.07 Å². The number of carbonyl (C=O) groups excluding carboxylic acids is 1. The SMILES string of the molecule is COc1ccccc1-c1cn(COCC[Si](C)(C)C)c2nc(NC(=O)[C@@H]3C[C@@H]3CN3CCN(C)CC3)ccc12. The Balaban J connectivity index is 1.32. The molecule has 1 saturated heterocycles. The first-order valence-corrected chi connectivity index (χ1v) is 17.9. The van der Waals surface area contributed by atoms with Crippen LogP contribution in [0.2, 0.25) is 25.7 Å². The number of carbonyl (C=O) groups is 1. The van der Waals surface area contributed by atoms with Gasteiger partial charge in [-0.15, -0.1) is 0 Å². The molecular weight excluding hydrogens is 506 g/mol. The molecule has 2 fully saturated rings. The zero-order chi connectivity index (χ0) is 27.6. The lowest BCUT2D eigenvalue weighted by atomic mass is 10.0. The maximum Gasteiger partial charge on any atom is 0.228 e. The number of para-hydroxylation sites is 1. The van der Waals surface area contributed by atoms with Crippen LogP contribution >= 0.6 is 0 Å². The highest BCUT2D eigenvalue weighted by atomic mass is 28.3. The van der Waals surface area contributed by atoms with Gasteiger partial charge >= 0.3 is 0 Å². The molecule has 39 heavy (non-hydrogen) atoms. The molecule has 5 rings (SSSR count). The number of likely N-dealkylation sites (N-methyl/N-ethyl adjacent to an activating group) is 1. The summed E-state index contributed by atoms with van der Waals surface area (Å²) in [6, 6.07) is 13.1. The maximum absolute atomic E-state index is 13.1. The summed E-state index contributed by atoms with van der Waals surface area (Å²) in [5, 5.41) is 4.11. The fourth-order valence-corrected chi connectivity index (χ4v) is 6.06. The summed E-state index contributed by atoms with van der Waals surface area (Å²) < 4.78 is 13.8. The second-order valence-corrected chi connectivity index (χ2v) is 17.9. The number of nitrogens with zero attached hydrogens (tertiary/aromatic N) is 4. The van der Waals surface area contributed by atoms with Crippen LogP contribution in [0.15, 0.2) is 42.6 Å². The lowest BCUT2D eigenvalue weighted by Gasteiger charge is -2.32. The standard InChI is InChI=1S/C30H43N5O3Si/c1-33-12-14-34(15-13-33)19-22-18-25(22)30(36)32-28-11-10-24-26(23-8-6-7-9-27(23)37-2)20-35(29(24)31-28)21-38-16-17-39(3,4)5/h6-11,20,22,25H,12-19,21H2,1-5H3,(H,31,32,36)/t22-,25-/m1/s1. The third-order valence-electron chi connectivity index (χ3n) is 7.95. The summed E-state index contributed by atoms with van der Waals surface area (Å²) in [4.78, 5) is 22.9. The highest BCUT2D eigenvalue weighted by Crippen LogP contribution is 2.40. The number of rotatable bonds is 11. The predicted octanol–water partition coefficient (Wildman–Crippen LogP) is 4.85. The van der Waals surface area contributed by atoms with E-state index in [2.05, 4.69) is 54.1 Å². The van der Waals surface area contributed by atoms with E-state index in [1.165, 1.54) is 0 Å². The number of aromatic nitrogens is 2. The van der Waals surface area contributed by atoms with Gasteiger partial charge in [0.1, 0.15) is 23.9 Å². The predicted molar refractivity (Wildman–Crippen MR) is 160 cm³/mol. The van der Waals surface area contributed by atoms with E-state index in [-0.39, 0.29) is 11.8 Å². The minimum atomic E-state index is -1.18. The summed E-state index contributed by atoms with van der Waals surface area (Å²) in [7, 11) is 2.68. The van der Waals surface area contributed by atoms with Crippen LogP contribution in [0.3, 0.4) is 0 Å². The first kappa shape index (κ1) is 27.8. The van der Waals surface area contributed by atoms with Gasteiger partial charge in [-0.05, 0) is 43.6 Å². The lowest BCUT2D eigenvalue weighted by Crippen LogP contribution is -2.45. The number of amides is 1. The zero-order valence-electron chi connectivity index (χ0n) is 24.1. The first-order valence-electron chi connectivity index (χ1n) is 14.1. The van der Waals surface area contributed by atoms with Crippen molar-refractivity contribution in [2.45, 2.75) is 38.8 Å². The van der Waals surface area contributed by atoms with Crippen LogP contribution in [-0.2, 0) is 16.3 Å². The molecule has 1 aliphatic heterocycles. The van der Waals surface area contributed by atoms with Gasteiger partial charge in [-0.25, -0.2) is 4.98 Å². The van der Waals surface area contributed by atoms with Gasteiger partial charge in [0.2, 0.25) is 5.91 Å². The number of fused-ring (bicyclic) bond motifs is 1. The van der Waals surface area contributed by atoms with Crippen molar-refractivity contribution in [3.8, 4) is 16.9 Å². The number of hydrogen-bond acceptors (Lipinski definition) is 6. The van der Waals surface area contributed by atoms with Crippen molar-refractivity contribution in [2.75, 3.05) is 58.8 Å². The minimum Gasteiger partial charge on any atom is -0.496 e. The van der Waals surface area contributed by atoms with Crippen molar-refractivity contribution in [1.82, 2.24) is 19.4 Å². The first-order chi connectivity index (χ1) is 18.7. The van der Waals surface area contributed by atoms with Crippen molar-refractivity contribution in [3.63, 3.8) is 0 Å². The van der Waals surface area contributed by atoms with Crippen LogP contribution in [0.4, 0.5) is 5.82 Å². The Morgan fingerprint density at radius 3 is 2.59 bits per heavy atom. The summed E-state index contributed by atoms with van der Waals surface area (Å²) in [5.74, 6) is 2.00. The van der Waals surface area contributed by atoms with Crippen LogP contribution in [0.1, 0.15) is 6.42 Å². The normalized spacial score (nSPS) is 20.3. The second-order valence-electron chi connectivity index (χ2n) is 12.3. The zero-order valence-corrected chi connectivity index (χ0v) is 25.1. The average molecular weight is 550 g/mol. The molecule has 0 unspecified atom stereocenters. The molecule has 8 nitrogen and oxygen atoms in total. The van der Waals surface area contributed by atoms with Gasteiger partial charge in [0.05, 0.1) is 7.11 Å². The molecule has 1 amide bonds. The Morgan fingerprint density at radius 2 is 1.85 bits per heavy atom. The molecule has 1 saturated carbocycles. The van der Waals surface area contributed by atoms with E-state index in [1.807, 2.05) is 34.9 Å². The van der Waals surface area contributed by atoms with E-state index in [0.717, 1.165) is 79.7 Å². The van der Waals surface area contributed by atoms with Crippen molar-refractivity contribution in [3.05, 3.63) is 42.6 Å². The molecule has 9 heteroatoms. The van der Waals surface area contributed by atoms with Gasteiger partial charge in [0, 0.05) is 76.0 Å².